The van der Waals surface area contributed by atoms with Gasteiger partial charge in [0.2, 0.25) is 5.91 Å². The number of hydrogen-bond acceptors (Lipinski definition) is 6. The number of thiazole rings is 1. The second-order valence-corrected chi connectivity index (χ2v) is 9.95. The van der Waals surface area contributed by atoms with Crippen molar-refractivity contribution in [3.8, 4) is 5.75 Å². The van der Waals surface area contributed by atoms with E-state index in [2.05, 4.69) is 4.98 Å². The van der Waals surface area contributed by atoms with Crippen LogP contribution in [0.25, 0.3) is 10.2 Å². The highest BCUT2D eigenvalue weighted by molar-refractivity contribution is 8.01. The number of carbonyl (C=O) groups excluding carboxylic acids is 2. The standard InChI is InChI=1S/C23H23N3O3S2/c27-21(15-30-23-24-16-8-2-5-11-20(16)31-23)26-14-19(22(28)25-12-6-1-7-13-25)29-18-10-4-3-9-17(18)26/h2-5,8-11,19H,1,6-7,12-15H2. The summed E-state index contributed by atoms with van der Waals surface area (Å²) in [5.74, 6) is 0.781. The van der Waals surface area contributed by atoms with Crippen molar-refractivity contribution in [2.75, 3.05) is 30.3 Å². The number of para-hydroxylation sites is 3. The van der Waals surface area contributed by atoms with Gasteiger partial charge >= 0.3 is 0 Å². The molecule has 1 aromatic heterocycles. The van der Waals surface area contributed by atoms with Crippen molar-refractivity contribution >= 4 is 50.8 Å². The molecule has 1 atom stereocenters. The summed E-state index contributed by atoms with van der Waals surface area (Å²) >= 11 is 3.03. The third kappa shape index (κ3) is 4.27. The number of thioether (sulfide) groups is 1. The maximum absolute atomic E-state index is 13.2. The van der Waals surface area contributed by atoms with Crippen LogP contribution in [0, 0.1) is 0 Å². The van der Waals surface area contributed by atoms with Gasteiger partial charge in [0.05, 0.1) is 28.2 Å². The fourth-order valence-corrected chi connectivity index (χ4v) is 5.98. The van der Waals surface area contributed by atoms with Crippen molar-refractivity contribution in [1.82, 2.24) is 9.88 Å². The summed E-state index contributed by atoms with van der Waals surface area (Å²) in [7, 11) is 0. The lowest BCUT2D eigenvalue weighted by Crippen LogP contribution is -2.53. The zero-order valence-electron chi connectivity index (χ0n) is 17.0. The first-order valence-corrected chi connectivity index (χ1v) is 12.3. The highest BCUT2D eigenvalue weighted by atomic mass is 32.2. The Balaban J connectivity index is 1.32. The molecule has 2 amide bonds. The summed E-state index contributed by atoms with van der Waals surface area (Å²) in [4.78, 5) is 34.4. The Morgan fingerprint density at radius 3 is 2.68 bits per heavy atom. The van der Waals surface area contributed by atoms with Crippen molar-refractivity contribution < 1.29 is 14.3 Å². The maximum Gasteiger partial charge on any atom is 0.265 e. The van der Waals surface area contributed by atoms with E-state index in [1.54, 1.807) is 16.2 Å². The van der Waals surface area contributed by atoms with Crippen molar-refractivity contribution in [2.24, 2.45) is 0 Å². The highest BCUT2D eigenvalue weighted by Gasteiger charge is 2.36. The quantitative estimate of drug-likeness (QED) is 0.554. The molecule has 5 rings (SSSR count). The number of likely N-dealkylation sites (tertiary alicyclic amines) is 1. The summed E-state index contributed by atoms with van der Waals surface area (Å²) < 4.78 is 8.01. The Labute approximate surface area is 189 Å². The SMILES string of the molecule is O=C(C1CN(C(=O)CSc2nc3ccccc3s2)c2ccccc2O1)N1CCCCC1. The van der Waals surface area contributed by atoms with E-state index in [1.165, 1.54) is 11.8 Å². The Morgan fingerprint density at radius 1 is 1.06 bits per heavy atom. The van der Waals surface area contributed by atoms with Crippen molar-refractivity contribution in [3.63, 3.8) is 0 Å². The number of fused-ring (bicyclic) bond motifs is 2. The van der Waals surface area contributed by atoms with E-state index in [4.69, 9.17) is 4.74 Å². The van der Waals surface area contributed by atoms with Gasteiger partial charge in [0.25, 0.3) is 5.91 Å². The largest absolute Gasteiger partial charge is 0.476 e. The number of hydrogen-bond donors (Lipinski definition) is 0. The van der Waals surface area contributed by atoms with Crippen molar-refractivity contribution in [1.29, 1.82) is 0 Å². The summed E-state index contributed by atoms with van der Waals surface area (Å²) in [5, 5.41) is 0. The molecule has 1 saturated heterocycles. The van der Waals surface area contributed by atoms with Gasteiger partial charge in [-0.05, 0) is 43.5 Å². The molecule has 1 fully saturated rings. The number of benzene rings is 2. The summed E-state index contributed by atoms with van der Waals surface area (Å²) in [6.45, 7) is 1.77. The number of nitrogens with zero attached hydrogens (tertiary/aromatic N) is 3. The van der Waals surface area contributed by atoms with Crippen LogP contribution in [0.1, 0.15) is 19.3 Å². The van der Waals surface area contributed by atoms with Gasteiger partial charge in [-0.25, -0.2) is 4.98 Å². The van der Waals surface area contributed by atoms with Gasteiger partial charge in [0.15, 0.2) is 10.4 Å². The average Bonchev–Trinajstić information content (AvgIpc) is 3.25. The molecule has 8 heteroatoms. The normalized spacial score (nSPS) is 18.5. The number of ether oxygens (including phenoxy) is 1. The molecule has 3 aromatic rings. The highest BCUT2D eigenvalue weighted by Crippen LogP contribution is 2.35. The van der Waals surface area contributed by atoms with Gasteiger partial charge in [-0.3, -0.25) is 9.59 Å². The molecule has 2 aliphatic rings. The Hall–Kier alpha value is -2.58. The van der Waals surface area contributed by atoms with Crippen LogP contribution in [0.4, 0.5) is 5.69 Å². The molecule has 6 nitrogen and oxygen atoms in total. The fraction of sp³-hybridized carbons (Fsp3) is 0.348. The minimum absolute atomic E-state index is 0.0224. The summed E-state index contributed by atoms with van der Waals surface area (Å²) in [5.41, 5.74) is 1.67. The number of carbonyl (C=O) groups is 2. The van der Waals surface area contributed by atoms with Crippen LogP contribution in [0.15, 0.2) is 52.9 Å². The molecule has 1 unspecified atom stereocenters. The smallest absolute Gasteiger partial charge is 0.265 e. The minimum Gasteiger partial charge on any atom is -0.476 e. The van der Waals surface area contributed by atoms with Crippen molar-refractivity contribution in [2.45, 2.75) is 29.7 Å². The molecule has 0 bridgehead atoms. The molecule has 2 aliphatic heterocycles. The van der Waals surface area contributed by atoms with E-state index in [0.29, 0.717) is 5.75 Å². The molecule has 0 N–H and O–H groups in total. The molecule has 3 heterocycles. The van der Waals surface area contributed by atoms with Crippen LogP contribution in [-0.2, 0) is 9.59 Å². The monoisotopic (exact) mass is 453 g/mol. The number of rotatable bonds is 4. The first-order chi connectivity index (χ1) is 15.2. The first-order valence-electron chi connectivity index (χ1n) is 10.5. The van der Waals surface area contributed by atoms with Gasteiger partial charge in [-0.15, -0.1) is 11.3 Å². The first kappa shape index (κ1) is 20.3. The molecule has 31 heavy (non-hydrogen) atoms. The Kier molecular flexibility index (Phi) is 5.82. The molecular formula is C23H23N3O3S2. The molecule has 0 aliphatic carbocycles. The van der Waals surface area contributed by atoms with Crippen LogP contribution in [0.3, 0.4) is 0 Å². The molecule has 0 spiro atoms. The van der Waals surface area contributed by atoms with E-state index in [1.807, 2.05) is 53.4 Å². The number of anilines is 1. The number of aromatic nitrogens is 1. The minimum atomic E-state index is -0.663. The van der Waals surface area contributed by atoms with Crippen molar-refractivity contribution in [3.05, 3.63) is 48.5 Å². The predicted octanol–water partition coefficient (Wildman–Crippen LogP) is 4.20. The van der Waals surface area contributed by atoms with E-state index < -0.39 is 6.10 Å². The van der Waals surface area contributed by atoms with Crippen LogP contribution < -0.4 is 9.64 Å². The zero-order valence-corrected chi connectivity index (χ0v) is 18.7. The van der Waals surface area contributed by atoms with Gasteiger partial charge < -0.3 is 14.5 Å². The molecule has 0 saturated carbocycles. The van der Waals surface area contributed by atoms with E-state index >= 15 is 0 Å². The van der Waals surface area contributed by atoms with Gasteiger partial charge in [0.1, 0.15) is 5.75 Å². The third-order valence-electron chi connectivity index (χ3n) is 5.61. The van der Waals surface area contributed by atoms with Crippen LogP contribution in [0.2, 0.25) is 0 Å². The van der Waals surface area contributed by atoms with Gasteiger partial charge in [-0.1, -0.05) is 36.0 Å². The second-order valence-electron chi connectivity index (χ2n) is 7.70. The lowest BCUT2D eigenvalue weighted by molar-refractivity contribution is -0.139. The summed E-state index contributed by atoms with van der Waals surface area (Å²) in [6.07, 6.45) is 2.54. The maximum atomic E-state index is 13.2. The van der Waals surface area contributed by atoms with Crippen LogP contribution >= 0.6 is 23.1 Å². The van der Waals surface area contributed by atoms with E-state index in [0.717, 1.165) is 52.6 Å². The average molecular weight is 454 g/mol. The summed E-state index contributed by atoms with van der Waals surface area (Å²) in [6, 6.07) is 15.4. The molecule has 0 radical (unpaired) electrons. The molecular weight excluding hydrogens is 430 g/mol. The Bertz CT molecular complexity index is 1080. The second kappa shape index (κ2) is 8.88. The number of piperidine rings is 1. The van der Waals surface area contributed by atoms with Gasteiger partial charge in [-0.2, -0.15) is 0 Å². The number of amides is 2. The fourth-order valence-electron chi connectivity index (χ4n) is 4.03. The lowest BCUT2D eigenvalue weighted by atomic mass is 10.1. The third-order valence-corrected chi connectivity index (χ3v) is 7.78. The zero-order chi connectivity index (χ0) is 21.2. The Morgan fingerprint density at radius 2 is 1.84 bits per heavy atom. The van der Waals surface area contributed by atoms with Crippen LogP contribution in [0.5, 0.6) is 5.75 Å². The predicted molar refractivity (Wildman–Crippen MR) is 124 cm³/mol. The van der Waals surface area contributed by atoms with E-state index in [-0.39, 0.29) is 24.1 Å². The molecule has 2 aromatic carbocycles. The van der Waals surface area contributed by atoms with Gasteiger partial charge in [0, 0.05) is 13.1 Å². The van der Waals surface area contributed by atoms with Crippen LogP contribution in [-0.4, -0.2) is 53.2 Å². The van der Waals surface area contributed by atoms with E-state index in [9.17, 15) is 9.59 Å². The lowest BCUT2D eigenvalue weighted by Gasteiger charge is -2.37. The topological polar surface area (TPSA) is 62.7 Å². The molecule has 160 valence electrons.